The molecule has 1 spiro atoms. The lowest BCUT2D eigenvalue weighted by atomic mass is 9.68. The molecule has 1 saturated carbocycles. The van der Waals surface area contributed by atoms with Crippen LogP contribution in [0, 0.1) is 5.92 Å². The van der Waals surface area contributed by atoms with Gasteiger partial charge in [-0.2, -0.15) is 13.2 Å². The summed E-state index contributed by atoms with van der Waals surface area (Å²) in [6.45, 7) is 3.33. The van der Waals surface area contributed by atoms with Gasteiger partial charge in [-0.3, -0.25) is 4.79 Å². The summed E-state index contributed by atoms with van der Waals surface area (Å²) in [5.74, 6) is -0.383. The summed E-state index contributed by atoms with van der Waals surface area (Å²) in [6.07, 6.45) is -4.69. The molecule has 2 atom stereocenters. The van der Waals surface area contributed by atoms with Gasteiger partial charge in [0.1, 0.15) is 0 Å². The van der Waals surface area contributed by atoms with Gasteiger partial charge in [0.05, 0.1) is 5.41 Å². The predicted molar refractivity (Wildman–Crippen MR) is 92.8 cm³/mol. The van der Waals surface area contributed by atoms with E-state index in [-0.39, 0.29) is 17.9 Å². The molecule has 3 N–H and O–H groups in total. The van der Waals surface area contributed by atoms with Crippen LogP contribution < -0.4 is 10.6 Å². The first-order chi connectivity index (χ1) is 12.1. The molecule has 0 saturated heterocycles. The molecule has 3 rings (SSSR count). The molecule has 0 aromatic heterocycles. The van der Waals surface area contributed by atoms with E-state index in [2.05, 4.69) is 10.6 Å². The number of amides is 1. The average Bonchev–Trinajstić information content (AvgIpc) is 2.85. The van der Waals surface area contributed by atoms with E-state index in [1.165, 1.54) is 0 Å². The van der Waals surface area contributed by atoms with Crippen LogP contribution in [0.1, 0.15) is 45.1 Å². The number of aliphatic hydroxyl groups is 1. The monoisotopic (exact) mass is 370 g/mol. The summed E-state index contributed by atoms with van der Waals surface area (Å²) in [6, 6.07) is 6.40. The number of aliphatic hydroxyl groups excluding tert-OH is 1. The molecular weight excluding hydrogens is 345 g/mol. The number of halogens is 3. The molecule has 7 heteroatoms. The van der Waals surface area contributed by atoms with Crippen molar-refractivity contribution in [1.82, 2.24) is 5.32 Å². The maximum absolute atomic E-state index is 12.9. The number of fused-ring (bicyclic) bond motifs is 2. The molecule has 2 aliphatic rings. The minimum atomic E-state index is -4.65. The van der Waals surface area contributed by atoms with Crippen LogP contribution in [0.2, 0.25) is 0 Å². The minimum Gasteiger partial charge on any atom is -0.382 e. The number of hydrogen-bond acceptors (Lipinski definition) is 3. The summed E-state index contributed by atoms with van der Waals surface area (Å²) in [7, 11) is 0. The summed E-state index contributed by atoms with van der Waals surface area (Å²) in [5, 5.41) is 15.6. The van der Waals surface area contributed by atoms with E-state index < -0.39 is 23.7 Å². The Kier molecular flexibility index (Phi) is 5.05. The first-order valence-corrected chi connectivity index (χ1v) is 9.07. The van der Waals surface area contributed by atoms with Crippen molar-refractivity contribution in [3.63, 3.8) is 0 Å². The third kappa shape index (κ3) is 3.34. The first kappa shape index (κ1) is 19.2. The van der Waals surface area contributed by atoms with E-state index in [1.54, 1.807) is 13.8 Å². The van der Waals surface area contributed by atoms with E-state index in [4.69, 9.17) is 0 Å². The minimum absolute atomic E-state index is 0.0205. The van der Waals surface area contributed by atoms with Crippen LogP contribution in [0.5, 0.6) is 0 Å². The van der Waals surface area contributed by atoms with Crippen molar-refractivity contribution in [3.05, 3.63) is 29.8 Å². The van der Waals surface area contributed by atoms with Gasteiger partial charge in [0.2, 0.25) is 5.91 Å². The Morgan fingerprint density at radius 1 is 1.23 bits per heavy atom. The van der Waals surface area contributed by atoms with Crippen LogP contribution in [0.25, 0.3) is 0 Å². The van der Waals surface area contributed by atoms with Crippen LogP contribution in [0.15, 0.2) is 24.3 Å². The van der Waals surface area contributed by atoms with E-state index in [1.807, 2.05) is 24.3 Å². The number of carbonyl (C=O) groups excluding carboxylic acids is 1. The van der Waals surface area contributed by atoms with Gasteiger partial charge < -0.3 is 15.7 Å². The van der Waals surface area contributed by atoms with Gasteiger partial charge in [-0.1, -0.05) is 32.0 Å². The Morgan fingerprint density at radius 2 is 1.85 bits per heavy atom. The van der Waals surface area contributed by atoms with Crippen molar-refractivity contribution < 1.29 is 23.1 Å². The Bertz CT molecular complexity index is 667. The van der Waals surface area contributed by atoms with Gasteiger partial charge >= 0.3 is 6.18 Å². The number of anilines is 1. The lowest BCUT2D eigenvalue weighted by molar-refractivity contribution is -0.216. The fraction of sp³-hybridized carbons (Fsp3) is 0.632. The van der Waals surface area contributed by atoms with E-state index in [0.29, 0.717) is 25.7 Å². The zero-order valence-electron chi connectivity index (χ0n) is 14.9. The quantitative estimate of drug-likeness (QED) is 0.762. The van der Waals surface area contributed by atoms with E-state index in [9.17, 15) is 23.1 Å². The normalized spacial score (nSPS) is 28.1. The Balaban J connectivity index is 1.70. The molecule has 144 valence electrons. The zero-order valence-corrected chi connectivity index (χ0v) is 14.9. The van der Waals surface area contributed by atoms with Gasteiger partial charge in [-0.05, 0) is 43.2 Å². The highest BCUT2D eigenvalue weighted by atomic mass is 19.4. The van der Waals surface area contributed by atoms with Gasteiger partial charge in [0.25, 0.3) is 0 Å². The lowest BCUT2D eigenvalue weighted by Crippen LogP contribution is -2.55. The second-order valence-corrected chi connectivity index (χ2v) is 7.78. The van der Waals surface area contributed by atoms with Gasteiger partial charge in [-0.15, -0.1) is 0 Å². The summed E-state index contributed by atoms with van der Waals surface area (Å²) >= 11 is 0. The maximum Gasteiger partial charge on any atom is 0.415 e. The predicted octanol–water partition coefficient (Wildman–Crippen LogP) is 3.36. The van der Waals surface area contributed by atoms with Crippen molar-refractivity contribution >= 4 is 11.6 Å². The molecule has 1 aromatic carbocycles. The van der Waals surface area contributed by atoms with Crippen molar-refractivity contribution in [2.75, 3.05) is 5.32 Å². The SMILES string of the molecule is CC(C)[C@H](NC1CCC2(CC1)C(=O)Nc1ccccc12)[C@H](O)C(F)(F)F. The number of hydrogen-bond donors (Lipinski definition) is 3. The highest BCUT2D eigenvalue weighted by Crippen LogP contribution is 2.47. The molecule has 0 radical (unpaired) electrons. The van der Waals surface area contributed by atoms with Crippen molar-refractivity contribution in [2.45, 2.75) is 69.3 Å². The molecule has 1 fully saturated rings. The van der Waals surface area contributed by atoms with Crippen LogP contribution in [-0.2, 0) is 10.2 Å². The number of alkyl halides is 3. The molecule has 26 heavy (non-hydrogen) atoms. The fourth-order valence-electron chi connectivity index (χ4n) is 4.27. The molecule has 0 unspecified atom stereocenters. The van der Waals surface area contributed by atoms with Crippen LogP contribution in [0.3, 0.4) is 0 Å². The number of rotatable bonds is 4. The summed E-state index contributed by atoms with van der Waals surface area (Å²) in [4.78, 5) is 12.6. The van der Waals surface area contributed by atoms with E-state index >= 15 is 0 Å². The molecule has 4 nitrogen and oxygen atoms in total. The number of carbonyl (C=O) groups is 1. The standard InChI is InChI=1S/C19H25F3N2O2/c1-11(2)15(16(25)19(20,21)22)23-12-7-9-18(10-8-12)13-5-3-4-6-14(13)24-17(18)26/h3-6,11-12,15-16,23,25H,7-10H2,1-2H3,(H,24,26)/t12?,15-,16-,18?/m0/s1. The number of nitrogens with one attached hydrogen (secondary N) is 2. The topological polar surface area (TPSA) is 61.4 Å². The molecule has 0 bridgehead atoms. The van der Waals surface area contributed by atoms with Crippen molar-refractivity contribution in [2.24, 2.45) is 5.92 Å². The third-order valence-corrected chi connectivity index (χ3v) is 5.79. The van der Waals surface area contributed by atoms with Crippen molar-refractivity contribution in [1.29, 1.82) is 0 Å². The highest BCUT2D eigenvalue weighted by Gasteiger charge is 2.50. The number of benzene rings is 1. The summed E-state index contributed by atoms with van der Waals surface area (Å²) < 4.78 is 38.8. The first-order valence-electron chi connectivity index (χ1n) is 9.07. The summed E-state index contributed by atoms with van der Waals surface area (Å²) in [5.41, 5.74) is 1.24. The van der Waals surface area contributed by atoms with Crippen LogP contribution >= 0.6 is 0 Å². The average molecular weight is 370 g/mol. The molecule has 1 heterocycles. The molecule has 1 aliphatic carbocycles. The Hall–Kier alpha value is -1.60. The molecular formula is C19H25F3N2O2. The molecule has 1 aliphatic heterocycles. The van der Waals surface area contributed by atoms with Gasteiger partial charge in [-0.25, -0.2) is 0 Å². The van der Waals surface area contributed by atoms with Crippen LogP contribution in [0.4, 0.5) is 18.9 Å². The van der Waals surface area contributed by atoms with Crippen LogP contribution in [-0.4, -0.2) is 35.4 Å². The smallest absolute Gasteiger partial charge is 0.382 e. The van der Waals surface area contributed by atoms with Gasteiger partial charge in [0.15, 0.2) is 6.10 Å². The fourth-order valence-corrected chi connectivity index (χ4v) is 4.27. The Labute approximate surface area is 151 Å². The largest absolute Gasteiger partial charge is 0.415 e. The molecule has 1 amide bonds. The highest BCUT2D eigenvalue weighted by molar-refractivity contribution is 6.06. The lowest BCUT2D eigenvalue weighted by Gasteiger charge is -2.39. The second-order valence-electron chi connectivity index (χ2n) is 7.78. The second kappa shape index (κ2) is 6.85. The van der Waals surface area contributed by atoms with Gasteiger partial charge in [0, 0.05) is 17.8 Å². The number of para-hydroxylation sites is 1. The maximum atomic E-state index is 12.9. The van der Waals surface area contributed by atoms with Crippen molar-refractivity contribution in [3.8, 4) is 0 Å². The zero-order chi connectivity index (χ0) is 19.1. The third-order valence-electron chi connectivity index (χ3n) is 5.79. The van der Waals surface area contributed by atoms with E-state index in [0.717, 1.165) is 11.3 Å². The molecule has 1 aromatic rings. The Morgan fingerprint density at radius 3 is 2.42 bits per heavy atom.